The topological polar surface area (TPSA) is 44.8 Å². The molecule has 2 rings (SSSR count). The third-order valence-electron chi connectivity index (χ3n) is 3.05. The number of hydrogen-bond acceptors (Lipinski definition) is 4. The van der Waals surface area contributed by atoms with Crippen molar-refractivity contribution in [3.63, 3.8) is 0 Å². The lowest BCUT2D eigenvalue weighted by molar-refractivity contribution is -0.146. The Bertz CT molecular complexity index is 441. The quantitative estimate of drug-likeness (QED) is 0.780. The van der Waals surface area contributed by atoms with Gasteiger partial charge in [0, 0.05) is 11.6 Å². The highest BCUT2D eigenvalue weighted by atomic mass is 35.5. The first kappa shape index (κ1) is 14.2. The average molecular weight is 285 g/mol. The lowest BCUT2D eigenvalue weighted by Gasteiger charge is -2.11. The van der Waals surface area contributed by atoms with Crippen LogP contribution in [0.2, 0.25) is 5.02 Å². The predicted molar refractivity (Wildman–Crippen MR) is 71.6 cm³/mol. The molecule has 1 saturated heterocycles. The predicted octanol–water partition coefficient (Wildman–Crippen LogP) is 2.61. The SMILES string of the molecule is COc1ccc(CC(=O)OCC2CCCO2)c(Cl)c1. The summed E-state index contributed by atoms with van der Waals surface area (Å²) in [6.07, 6.45) is 2.20. The molecule has 104 valence electrons. The van der Waals surface area contributed by atoms with Crippen LogP contribution in [0.1, 0.15) is 18.4 Å². The van der Waals surface area contributed by atoms with Crippen molar-refractivity contribution in [3.05, 3.63) is 28.8 Å². The van der Waals surface area contributed by atoms with Gasteiger partial charge < -0.3 is 14.2 Å². The van der Waals surface area contributed by atoms with Crippen molar-refractivity contribution in [1.82, 2.24) is 0 Å². The molecule has 19 heavy (non-hydrogen) atoms. The Morgan fingerprint density at radius 2 is 2.37 bits per heavy atom. The zero-order chi connectivity index (χ0) is 13.7. The Morgan fingerprint density at radius 3 is 3.00 bits per heavy atom. The monoisotopic (exact) mass is 284 g/mol. The Hall–Kier alpha value is -1.26. The van der Waals surface area contributed by atoms with Crippen molar-refractivity contribution in [3.8, 4) is 5.75 Å². The molecule has 1 aliphatic rings. The van der Waals surface area contributed by atoms with Crippen LogP contribution in [0.3, 0.4) is 0 Å². The number of hydrogen-bond donors (Lipinski definition) is 0. The van der Waals surface area contributed by atoms with E-state index in [-0.39, 0.29) is 18.5 Å². The Labute approximate surface area is 117 Å². The van der Waals surface area contributed by atoms with Gasteiger partial charge in [-0.25, -0.2) is 0 Å². The van der Waals surface area contributed by atoms with Crippen LogP contribution >= 0.6 is 11.6 Å². The minimum atomic E-state index is -0.289. The van der Waals surface area contributed by atoms with Crippen molar-refractivity contribution in [2.75, 3.05) is 20.3 Å². The Balaban J connectivity index is 1.84. The number of ether oxygens (including phenoxy) is 3. The van der Waals surface area contributed by atoms with Crippen molar-refractivity contribution in [1.29, 1.82) is 0 Å². The summed E-state index contributed by atoms with van der Waals surface area (Å²) in [5.74, 6) is 0.379. The van der Waals surface area contributed by atoms with Crippen LogP contribution in [0.5, 0.6) is 5.75 Å². The lowest BCUT2D eigenvalue weighted by atomic mass is 10.1. The third kappa shape index (κ3) is 4.11. The number of carbonyl (C=O) groups is 1. The molecule has 0 radical (unpaired) electrons. The van der Waals surface area contributed by atoms with Crippen LogP contribution in [-0.4, -0.2) is 32.4 Å². The summed E-state index contributed by atoms with van der Waals surface area (Å²) in [5.41, 5.74) is 0.736. The normalized spacial score (nSPS) is 18.3. The van der Waals surface area contributed by atoms with Crippen molar-refractivity contribution >= 4 is 17.6 Å². The van der Waals surface area contributed by atoms with Crippen LogP contribution in [0.25, 0.3) is 0 Å². The van der Waals surface area contributed by atoms with E-state index in [1.165, 1.54) is 0 Å². The minimum absolute atomic E-state index is 0.0512. The van der Waals surface area contributed by atoms with Gasteiger partial charge in [0.25, 0.3) is 0 Å². The molecule has 0 amide bonds. The van der Waals surface area contributed by atoms with Crippen molar-refractivity contribution < 1.29 is 19.0 Å². The van der Waals surface area contributed by atoms with Crippen LogP contribution < -0.4 is 4.74 Å². The summed E-state index contributed by atoms with van der Waals surface area (Å²) in [4.78, 5) is 11.7. The van der Waals surface area contributed by atoms with E-state index >= 15 is 0 Å². The average Bonchev–Trinajstić information content (AvgIpc) is 2.92. The molecule has 1 fully saturated rings. The number of halogens is 1. The van der Waals surface area contributed by atoms with E-state index in [4.69, 9.17) is 25.8 Å². The Morgan fingerprint density at radius 1 is 1.53 bits per heavy atom. The minimum Gasteiger partial charge on any atom is -0.497 e. The second-order valence-corrected chi connectivity index (χ2v) is 4.86. The molecule has 1 aromatic carbocycles. The fourth-order valence-corrected chi connectivity index (χ4v) is 2.20. The van der Waals surface area contributed by atoms with E-state index in [0.717, 1.165) is 25.0 Å². The van der Waals surface area contributed by atoms with Gasteiger partial charge >= 0.3 is 5.97 Å². The highest BCUT2D eigenvalue weighted by Gasteiger charge is 2.18. The summed E-state index contributed by atoms with van der Waals surface area (Å²) in [5, 5.41) is 0.508. The fraction of sp³-hybridized carbons (Fsp3) is 0.500. The van der Waals surface area contributed by atoms with E-state index in [9.17, 15) is 4.79 Å². The summed E-state index contributed by atoms with van der Waals surface area (Å²) in [7, 11) is 1.57. The zero-order valence-electron chi connectivity index (χ0n) is 10.9. The van der Waals surface area contributed by atoms with Gasteiger partial charge in [-0.1, -0.05) is 17.7 Å². The van der Waals surface area contributed by atoms with Gasteiger partial charge in [0.05, 0.1) is 19.6 Å². The molecule has 0 aliphatic carbocycles. The molecule has 4 nitrogen and oxygen atoms in total. The first-order valence-electron chi connectivity index (χ1n) is 6.28. The second kappa shape index (κ2) is 6.78. The number of carbonyl (C=O) groups excluding carboxylic acids is 1. The first-order chi connectivity index (χ1) is 9.19. The smallest absolute Gasteiger partial charge is 0.310 e. The number of benzene rings is 1. The van der Waals surface area contributed by atoms with E-state index in [1.807, 2.05) is 0 Å². The maximum Gasteiger partial charge on any atom is 0.310 e. The van der Waals surface area contributed by atoms with E-state index in [0.29, 0.717) is 17.4 Å². The van der Waals surface area contributed by atoms with Gasteiger partial charge in [0.15, 0.2) is 0 Å². The highest BCUT2D eigenvalue weighted by Crippen LogP contribution is 2.23. The van der Waals surface area contributed by atoms with Crippen LogP contribution in [0.15, 0.2) is 18.2 Å². The second-order valence-electron chi connectivity index (χ2n) is 4.45. The number of methoxy groups -OCH3 is 1. The van der Waals surface area contributed by atoms with E-state index in [1.54, 1.807) is 25.3 Å². The maximum atomic E-state index is 11.7. The third-order valence-corrected chi connectivity index (χ3v) is 3.40. The fourth-order valence-electron chi connectivity index (χ4n) is 1.97. The molecule has 0 spiro atoms. The molecule has 0 bridgehead atoms. The number of rotatable bonds is 5. The van der Waals surface area contributed by atoms with Gasteiger partial charge in [0.2, 0.25) is 0 Å². The van der Waals surface area contributed by atoms with Gasteiger partial charge in [-0.05, 0) is 30.5 Å². The van der Waals surface area contributed by atoms with Gasteiger partial charge in [-0.3, -0.25) is 4.79 Å². The summed E-state index contributed by atoms with van der Waals surface area (Å²) in [6.45, 7) is 1.08. The van der Waals surface area contributed by atoms with Gasteiger partial charge in [-0.2, -0.15) is 0 Å². The van der Waals surface area contributed by atoms with Crippen LogP contribution in [0, 0.1) is 0 Å². The van der Waals surface area contributed by atoms with E-state index < -0.39 is 0 Å². The van der Waals surface area contributed by atoms with Gasteiger partial charge in [-0.15, -0.1) is 0 Å². The summed E-state index contributed by atoms with van der Waals surface area (Å²) >= 11 is 6.07. The summed E-state index contributed by atoms with van der Waals surface area (Å²) < 4.78 is 15.6. The lowest BCUT2D eigenvalue weighted by Crippen LogP contribution is -2.19. The van der Waals surface area contributed by atoms with Gasteiger partial charge in [0.1, 0.15) is 12.4 Å². The highest BCUT2D eigenvalue weighted by molar-refractivity contribution is 6.31. The van der Waals surface area contributed by atoms with Crippen LogP contribution in [-0.2, 0) is 20.7 Å². The maximum absolute atomic E-state index is 11.7. The molecular formula is C14H17ClO4. The zero-order valence-corrected chi connectivity index (χ0v) is 11.6. The summed E-state index contributed by atoms with van der Waals surface area (Å²) in [6, 6.07) is 5.23. The molecular weight excluding hydrogens is 268 g/mol. The number of esters is 1. The standard InChI is InChI=1S/C14H17ClO4/c1-17-11-5-4-10(13(15)8-11)7-14(16)19-9-12-3-2-6-18-12/h4-5,8,12H,2-3,6-7,9H2,1H3. The molecule has 1 aromatic rings. The largest absolute Gasteiger partial charge is 0.497 e. The molecule has 1 atom stereocenters. The van der Waals surface area contributed by atoms with Crippen LogP contribution in [0.4, 0.5) is 0 Å². The molecule has 1 unspecified atom stereocenters. The molecule has 0 aromatic heterocycles. The molecule has 0 N–H and O–H groups in total. The first-order valence-corrected chi connectivity index (χ1v) is 6.66. The van der Waals surface area contributed by atoms with E-state index in [2.05, 4.69) is 0 Å². The molecule has 1 aliphatic heterocycles. The molecule has 1 heterocycles. The molecule has 0 saturated carbocycles. The van der Waals surface area contributed by atoms with Crippen molar-refractivity contribution in [2.45, 2.75) is 25.4 Å². The Kier molecular flexibility index (Phi) is 5.05. The van der Waals surface area contributed by atoms with Crippen molar-refractivity contribution in [2.24, 2.45) is 0 Å². The molecule has 5 heteroatoms.